The van der Waals surface area contributed by atoms with E-state index < -0.39 is 29.3 Å². The van der Waals surface area contributed by atoms with Crippen LogP contribution in [-0.2, 0) is 35.2 Å². The highest BCUT2D eigenvalue weighted by atomic mass is 16.7. The first-order chi connectivity index (χ1) is 13.2. The maximum absolute atomic E-state index is 12.0. The van der Waals surface area contributed by atoms with Crippen LogP contribution in [0.15, 0.2) is 47.3 Å². The Bertz CT molecular complexity index is 758. The van der Waals surface area contributed by atoms with Crippen molar-refractivity contribution < 1.29 is 33.4 Å². The minimum atomic E-state index is -1.18. The molecule has 0 heterocycles. The predicted molar refractivity (Wildman–Crippen MR) is 98.7 cm³/mol. The van der Waals surface area contributed by atoms with Crippen LogP contribution >= 0.6 is 0 Å². The van der Waals surface area contributed by atoms with Gasteiger partial charge in [0.15, 0.2) is 5.84 Å². The number of amides is 1. The zero-order valence-electron chi connectivity index (χ0n) is 16.1. The van der Waals surface area contributed by atoms with E-state index in [0.29, 0.717) is 0 Å². The van der Waals surface area contributed by atoms with Gasteiger partial charge in [0.25, 0.3) is 0 Å². The molecule has 0 spiro atoms. The lowest BCUT2D eigenvalue weighted by Gasteiger charge is -2.24. The van der Waals surface area contributed by atoms with E-state index in [4.69, 9.17) is 15.3 Å². The quantitative estimate of drug-likeness (QED) is 0.128. The first-order valence-corrected chi connectivity index (χ1v) is 8.07. The number of esters is 2. The lowest BCUT2D eigenvalue weighted by atomic mass is 10.1. The number of rotatable bonds is 8. The van der Waals surface area contributed by atoms with Crippen LogP contribution in [0.4, 0.5) is 4.79 Å². The largest absolute Gasteiger partial charge is 0.466 e. The van der Waals surface area contributed by atoms with Gasteiger partial charge in [-0.2, -0.15) is 0 Å². The number of hydrogen-bond acceptors (Lipinski definition) is 8. The summed E-state index contributed by atoms with van der Waals surface area (Å²) in [6.07, 6.45) is 0.0160. The van der Waals surface area contributed by atoms with Gasteiger partial charge in [-0.3, -0.25) is 0 Å². The van der Waals surface area contributed by atoms with Crippen molar-refractivity contribution in [3.05, 3.63) is 47.7 Å². The Labute approximate surface area is 162 Å². The molecule has 152 valence electrons. The number of methoxy groups -OCH3 is 2. The van der Waals surface area contributed by atoms with E-state index in [1.54, 1.807) is 13.8 Å². The molecule has 0 unspecified atom stereocenters. The van der Waals surface area contributed by atoms with Crippen LogP contribution < -0.4 is 11.1 Å². The van der Waals surface area contributed by atoms with Crippen molar-refractivity contribution in [1.82, 2.24) is 5.32 Å². The number of nitrogens with one attached hydrogen (secondary N) is 1. The molecule has 1 aromatic carbocycles. The second-order valence-electron chi connectivity index (χ2n) is 5.90. The monoisotopic (exact) mass is 393 g/mol. The van der Waals surface area contributed by atoms with Crippen molar-refractivity contribution in [2.24, 2.45) is 10.9 Å². The highest BCUT2D eigenvalue weighted by Crippen LogP contribution is 2.08. The third kappa shape index (κ3) is 7.36. The number of benzene rings is 1. The van der Waals surface area contributed by atoms with Crippen LogP contribution in [0.1, 0.15) is 19.4 Å². The Morgan fingerprint density at radius 3 is 2.36 bits per heavy atom. The highest BCUT2D eigenvalue weighted by molar-refractivity contribution is 5.95. The molecule has 0 fully saturated rings. The molecule has 0 aliphatic heterocycles. The molecule has 1 amide bonds. The molecule has 1 aromatic rings. The number of ether oxygens (including phenoxy) is 3. The van der Waals surface area contributed by atoms with Crippen molar-refractivity contribution in [3.8, 4) is 0 Å². The molecular weight excluding hydrogens is 370 g/mol. The summed E-state index contributed by atoms with van der Waals surface area (Å²) in [6, 6.07) is 9.11. The minimum absolute atomic E-state index is 0.0741. The summed E-state index contributed by atoms with van der Waals surface area (Å²) >= 11 is 0. The molecule has 0 bridgehead atoms. The summed E-state index contributed by atoms with van der Waals surface area (Å²) in [5, 5.41) is 6.09. The Balaban J connectivity index is 2.73. The zero-order chi connectivity index (χ0) is 21.2. The van der Waals surface area contributed by atoms with Gasteiger partial charge in [-0.15, -0.1) is 0 Å². The van der Waals surface area contributed by atoms with Crippen LogP contribution in [0.25, 0.3) is 0 Å². The van der Waals surface area contributed by atoms with E-state index in [1.807, 2.05) is 30.3 Å². The average molecular weight is 393 g/mol. The number of carbonyl (C=O) groups is 3. The fourth-order valence-corrected chi connectivity index (χ4v) is 1.68. The normalized spacial score (nSPS) is 12.0. The van der Waals surface area contributed by atoms with Gasteiger partial charge in [0.05, 0.1) is 25.8 Å². The Morgan fingerprint density at radius 1 is 1.14 bits per heavy atom. The Morgan fingerprint density at radius 2 is 1.79 bits per heavy atom. The van der Waals surface area contributed by atoms with Crippen LogP contribution in [-0.4, -0.2) is 43.6 Å². The summed E-state index contributed by atoms with van der Waals surface area (Å²) in [4.78, 5) is 39.7. The van der Waals surface area contributed by atoms with Crippen molar-refractivity contribution >= 4 is 23.9 Å². The number of nitrogens with two attached hydrogens (primary N) is 1. The predicted octanol–water partition coefficient (Wildman–Crippen LogP) is 1.21. The van der Waals surface area contributed by atoms with Gasteiger partial charge in [0.1, 0.15) is 6.61 Å². The Kier molecular flexibility index (Phi) is 8.47. The lowest BCUT2D eigenvalue weighted by Crippen LogP contribution is -2.53. The third-order valence-electron chi connectivity index (χ3n) is 3.35. The van der Waals surface area contributed by atoms with Gasteiger partial charge in [0, 0.05) is 0 Å². The average Bonchev–Trinajstić information content (AvgIpc) is 2.68. The van der Waals surface area contributed by atoms with Crippen molar-refractivity contribution in [3.63, 3.8) is 0 Å². The zero-order valence-corrected chi connectivity index (χ0v) is 16.1. The number of amidine groups is 1. The van der Waals surface area contributed by atoms with E-state index in [1.165, 1.54) is 0 Å². The fraction of sp³-hybridized carbons (Fsp3) is 0.333. The van der Waals surface area contributed by atoms with Crippen molar-refractivity contribution in [1.29, 1.82) is 0 Å². The summed E-state index contributed by atoms with van der Waals surface area (Å²) < 4.78 is 14.0. The molecule has 1 rings (SSSR count). The number of oxime groups is 1. The number of alkyl carbamates (subject to hydrolysis) is 1. The summed E-state index contributed by atoms with van der Waals surface area (Å²) in [5.41, 5.74) is 5.45. The van der Waals surface area contributed by atoms with E-state index in [9.17, 15) is 14.4 Å². The van der Waals surface area contributed by atoms with Crippen LogP contribution in [0.5, 0.6) is 0 Å². The smallest absolute Gasteiger partial charge is 0.408 e. The van der Waals surface area contributed by atoms with E-state index >= 15 is 0 Å². The maximum Gasteiger partial charge on any atom is 0.408 e. The van der Waals surface area contributed by atoms with Crippen molar-refractivity contribution in [2.75, 3.05) is 14.2 Å². The third-order valence-corrected chi connectivity index (χ3v) is 3.35. The van der Waals surface area contributed by atoms with Crippen LogP contribution in [0.3, 0.4) is 0 Å². The summed E-state index contributed by atoms with van der Waals surface area (Å²) in [7, 11) is 2.22. The molecule has 0 atom stereocenters. The van der Waals surface area contributed by atoms with E-state index in [-0.39, 0.29) is 12.4 Å². The molecule has 28 heavy (non-hydrogen) atoms. The SMILES string of the molecule is COC(=O)/C=C(\O/N=C(\N)C(C)(C)NC(=O)OCc1ccccc1)C(=O)OC. The molecule has 0 saturated heterocycles. The van der Waals surface area contributed by atoms with Crippen molar-refractivity contribution in [2.45, 2.75) is 26.0 Å². The molecule has 0 radical (unpaired) electrons. The van der Waals surface area contributed by atoms with Crippen LogP contribution in [0.2, 0.25) is 0 Å². The highest BCUT2D eigenvalue weighted by Gasteiger charge is 2.27. The second kappa shape index (κ2) is 10.6. The number of carbonyl (C=O) groups excluding carboxylic acids is 3. The summed E-state index contributed by atoms with van der Waals surface area (Å²) in [6.45, 7) is 3.16. The van der Waals surface area contributed by atoms with Crippen LogP contribution in [0, 0.1) is 0 Å². The number of nitrogens with zero attached hydrogens (tertiary/aromatic N) is 1. The molecule has 0 saturated carbocycles. The molecule has 0 aromatic heterocycles. The first-order valence-electron chi connectivity index (χ1n) is 8.07. The molecular formula is C18H23N3O7. The van der Waals surface area contributed by atoms with E-state index in [0.717, 1.165) is 25.9 Å². The van der Waals surface area contributed by atoms with Gasteiger partial charge >= 0.3 is 18.0 Å². The first kappa shape index (κ1) is 22.5. The molecule has 3 N–H and O–H groups in total. The summed E-state index contributed by atoms with van der Waals surface area (Å²) in [5.74, 6) is -2.55. The van der Waals surface area contributed by atoms with Gasteiger partial charge in [-0.1, -0.05) is 35.5 Å². The number of hydrogen-bond donors (Lipinski definition) is 2. The van der Waals surface area contributed by atoms with Gasteiger partial charge in [-0.25, -0.2) is 14.4 Å². The lowest BCUT2D eigenvalue weighted by molar-refractivity contribution is -0.142. The fourth-order valence-electron chi connectivity index (χ4n) is 1.68. The minimum Gasteiger partial charge on any atom is -0.466 e. The molecule has 0 aliphatic carbocycles. The molecule has 0 aliphatic rings. The molecule has 10 nitrogen and oxygen atoms in total. The Hall–Kier alpha value is -3.56. The van der Waals surface area contributed by atoms with Gasteiger partial charge in [-0.05, 0) is 19.4 Å². The molecule has 10 heteroatoms. The van der Waals surface area contributed by atoms with E-state index in [2.05, 4.69) is 19.9 Å². The standard InChI is InChI=1S/C18H23N3O7/c1-18(2,20-17(24)27-11-12-8-6-5-7-9-12)16(19)21-28-13(15(23)26-4)10-14(22)25-3/h5-10H,11H2,1-4H3,(H2,19,21)(H,20,24)/b13-10-. The van der Waals surface area contributed by atoms with Gasteiger partial charge < -0.3 is 30.1 Å². The maximum atomic E-state index is 12.0. The topological polar surface area (TPSA) is 139 Å². The second-order valence-corrected chi connectivity index (χ2v) is 5.90. The van der Waals surface area contributed by atoms with Gasteiger partial charge in [0.2, 0.25) is 5.76 Å².